The number of hydrogen-bond acceptors (Lipinski definition) is 4. The predicted molar refractivity (Wildman–Crippen MR) is 59.2 cm³/mol. The summed E-state index contributed by atoms with van der Waals surface area (Å²) in [7, 11) is -9.19. The SMILES string of the molecule is CC1CC(OP(=O)(O)O)[C@]2(COP(=O)(O)O)C[C@H]12. The maximum atomic E-state index is 10.9. The van der Waals surface area contributed by atoms with Crippen LogP contribution < -0.4 is 0 Å². The molecule has 2 saturated carbocycles. The molecule has 2 aliphatic carbocycles. The van der Waals surface area contributed by atoms with Gasteiger partial charge in [-0.3, -0.25) is 9.05 Å². The second-order valence-electron chi connectivity index (χ2n) is 5.11. The number of fused-ring (bicyclic) bond motifs is 1. The minimum atomic E-state index is -4.61. The van der Waals surface area contributed by atoms with E-state index in [0.717, 1.165) is 0 Å². The molecule has 0 amide bonds. The lowest BCUT2D eigenvalue weighted by molar-refractivity contribution is 0.0499. The molecule has 8 nitrogen and oxygen atoms in total. The first kappa shape index (κ1) is 14.6. The van der Waals surface area contributed by atoms with Crippen LogP contribution >= 0.6 is 15.6 Å². The molecule has 0 aromatic carbocycles. The number of rotatable bonds is 5. The van der Waals surface area contributed by atoms with Crippen molar-refractivity contribution in [3.8, 4) is 0 Å². The zero-order valence-corrected chi connectivity index (χ0v) is 11.5. The van der Waals surface area contributed by atoms with Crippen LogP contribution in [0.4, 0.5) is 0 Å². The lowest BCUT2D eigenvalue weighted by atomic mass is 10.0. The maximum Gasteiger partial charge on any atom is 0.469 e. The molecule has 0 spiro atoms. The van der Waals surface area contributed by atoms with Gasteiger partial charge in [0.05, 0.1) is 12.7 Å². The smallest absolute Gasteiger partial charge is 0.303 e. The first-order valence-corrected chi connectivity index (χ1v) is 8.54. The molecule has 2 unspecified atom stereocenters. The fraction of sp³-hybridized carbons (Fsp3) is 1.00. The lowest BCUT2D eigenvalue weighted by Crippen LogP contribution is -2.26. The topological polar surface area (TPSA) is 134 Å². The van der Waals surface area contributed by atoms with E-state index < -0.39 is 27.2 Å². The lowest BCUT2D eigenvalue weighted by Gasteiger charge is -2.23. The average molecular weight is 302 g/mol. The summed E-state index contributed by atoms with van der Waals surface area (Å²) in [6.07, 6.45) is 0.351. The van der Waals surface area contributed by atoms with Crippen molar-refractivity contribution in [1.82, 2.24) is 0 Å². The second-order valence-corrected chi connectivity index (χ2v) is 7.54. The molecule has 0 heterocycles. The highest BCUT2D eigenvalue weighted by Crippen LogP contribution is 2.69. The average Bonchev–Trinajstić information content (AvgIpc) is 2.80. The molecule has 0 radical (unpaired) electrons. The second kappa shape index (κ2) is 4.36. The Labute approximate surface area is 104 Å². The maximum absolute atomic E-state index is 10.9. The predicted octanol–water partition coefficient (Wildman–Crippen LogP) is 0.620. The summed E-state index contributed by atoms with van der Waals surface area (Å²) in [6.45, 7) is 1.68. The van der Waals surface area contributed by atoms with Gasteiger partial charge in [0, 0.05) is 5.41 Å². The van der Waals surface area contributed by atoms with Crippen LogP contribution in [0.15, 0.2) is 0 Å². The van der Waals surface area contributed by atoms with Crippen LogP contribution in [0.25, 0.3) is 0 Å². The van der Waals surface area contributed by atoms with Crippen LogP contribution in [0.5, 0.6) is 0 Å². The third-order valence-electron chi connectivity index (χ3n) is 3.86. The highest BCUT2D eigenvalue weighted by molar-refractivity contribution is 7.46. The Bertz CT molecular complexity index is 427. The molecule has 2 aliphatic rings. The third kappa shape index (κ3) is 3.03. The Hall–Kier alpha value is 0.220. The quantitative estimate of drug-likeness (QED) is 0.543. The van der Waals surface area contributed by atoms with Crippen LogP contribution in [0, 0.1) is 17.3 Å². The first-order chi connectivity index (χ1) is 8.04. The van der Waals surface area contributed by atoms with Gasteiger partial charge >= 0.3 is 15.6 Å². The normalized spacial score (nSPS) is 39.7. The zero-order chi connectivity index (χ0) is 13.8. The Morgan fingerprint density at radius 3 is 2.28 bits per heavy atom. The first-order valence-electron chi connectivity index (χ1n) is 5.47. The molecule has 4 N–H and O–H groups in total. The van der Waals surface area contributed by atoms with Gasteiger partial charge in [0.1, 0.15) is 0 Å². The molecule has 2 rings (SSSR count). The van der Waals surface area contributed by atoms with Gasteiger partial charge in [-0.1, -0.05) is 6.92 Å². The van der Waals surface area contributed by atoms with E-state index in [4.69, 9.17) is 24.1 Å². The highest BCUT2D eigenvalue weighted by atomic mass is 31.2. The Morgan fingerprint density at radius 2 is 1.83 bits per heavy atom. The fourth-order valence-electron chi connectivity index (χ4n) is 3.00. The third-order valence-corrected chi connectivity index (χ3v) is 4.85. The van der Waals surface area contributed by atoms with Crippen molar-refractivity contribution >= 4 is 15.6 Å². The van der Waals surface area contributed by atoms with Crippen LogP contribution in [0.2, 0.25) is 0 Å². The van der Waals surface area contributed by atoms with Gasteiger partial charge in [0.15, 0.2) is 0 Å². The van der Waals surface area contributed by atoms with E-state index in [-0.39, 0.29) is 18.4 Å². The molecule has 10 heteroatoms. The van der Waals surface area contributed by atoms with Gasteiger partial charge in [0.25, 0.3) is 0 Å². The van der Waals surface area contributed by atoms with Gasteiger partial charge in [0.2, 0.25) is 0 Å². The molecule has 0 aliphatic heterocycles. The minimum Gasteiger partial charge on any atom is -0.303 e. The zero-order valence-electron chi connectivity index (χ0n) is 9.67. The van der Waals surface area contributed by atoms with Crippen molar-refractivity contribution in [1.29, 1.82) is 0 Å². The van der Waals surface area contributed by atoms with Gasteiger partial charge in [-0.2, -0.15) is 0 Å². The van der Waals surface area contributed by atoms with Crippen LogP contribution in [0.3, 0.4) is 0 Å². The van der Waals surface area contributed by atoms with Gasteiger partial charge in [-0.05, 0) is 24.7 Å². The summed E-state index contributed by atoms with van der Waals surface area (Å²) < 4.78 is 30.8. The molecule has 18 heavy (non-hydrogen) atoms. The van der Waals surface area contributed by atoms with E-state index in [1.54, 1.807) is 0 Å². The molecule has 4 atom stereocenters. The molecule has 0 aromatic heterocycles. The van der Waals surface area contributed by atoms with E-state index in [2.05, 4.69) is 4.52 Å². The van der Waals surface area contributed by atoms with Crippen molar-refractivity contribution in [2.75, 3.05) is 6.61 Å². The summed E-state index contributed by atoms with van der Waals surface area (Å²) in [4.78, 5) is 35.1. The van der Waals surface area contributed by atoms with Gasteiger partial charge in [-0.25, -0.2) is 9.13 Å². The van der Waals surface area contributed by atoms with Crippen molar-refractivity contribution in [2.45, 2.75) is 25.9 Å². The number of hydrogen-bond donors (Lipinski definition) is 4. The van der Waals surface area contributed by atoms with E-state index in [9.17, 15) is 9.13 Å². The molecule has 106 valence electrons. The molecule has 0 saturated heterocycles. The summed E-state index contributed by atoms with van der Waals surface area (Å²) in [6, 6.07) is 0. The Morgan fingerprint density at radius 1 is 1.22 bits per heavy atom. The Kier molecular flexibility index (Phi) is 3.55. The van der Waals surface area contributed by atoms with Crippen molar-refractivity contribution in [3.63, 3.8) is 0 Å². The summed E-state index contributed by atoms with van der Waals surface area (Å²) in [5, 5.41) is 0. The van der Waals surface area contributed by atoms with E-state index in [1.807, 2.05) is 6.92 Å². The molecular weight excluding hydrogens is 286 g/mol. The van der Waals surface area contributed by atoms with Crippen LogP contribution in [-0.2, 0) is 18.2 Å². The number of phosphoric acid groups is 2. The standard InChI is InChI=1S/C8H16O8P2/c1-5-2-7(16-18(12,13)14)8(3-6(5)8)4-15-17(9,10)11/h5-7H,2-4H2,1H3,(H2,9,10,11)(H2,12,13,14)/t5?,6-,7?,8+/m1/s1. The van der Waals surface area contributed by atoms with Crippen molar-refractivity contribution in [3.05, 3.63) is 0 Å². The molecule has 0 bridgehead atoms. The molecule has 0 aromatic rings. The van der Waals surface area contributed by atoms with Crippen LogP contribution in [-0.4, -0.2) is 32.3 Å². The molecular formula is C8H16O8P2. The van der Waals surface area contributed by atoms with E-state index in [0.29, 0.717) is 12.8 Å². The Balaban J connectivity index is 2.06. The summed E-state index contributed by atoms with van der Waals surface area (Å²) >= 11 is 0. The molecule has 2 fully saturated rings. The monoisotopic (exact) mass is 302 g/mol. The van der Waals surface area contributed by atoms with E-state index in [1.165, 1.54) is 0 Å². The summed E-state index contributed by atoms with van der Waals surface area (Å²) in [5.74, 6) is 0.336. The van der Waals surface area contributed by atoms with Gasteiger partial charge < -0.3 is 19.6 Å². The number of phosphoric ester groups is 2. The van der Waals surface area contributed by atoms with Crippen LogP contribution in [0.1, 0.15) is 19.8 Å². The minimum absolute atomic E-state index is 0.139. The van der Waals surface area contributed by atoms with Gasteiger partial charge in [-0.15, -0.1) is 0 Å². The van der Waals surface area contributed by atoms with Crippen molar-refractivity contribution in [2.24, 2.45) is 17.3 Å². The highest BCUT2D eigenvalue weighted by Gasteiger charge is 2.68. The summed E-state index contributed by atoms with van der Waals surface area (Å²) in [5.41, 5.74) is -0.665. The van der Waals surface area contributed by atoms with Crippen molar-refractivity contribution < 1.29 is 37.8 Å². The fourth-order valence-corrected chi connectivity index (χ4v) is 4.04. The largest absolute Gasteiger partial charge is 0.469 e. The van der Waals surface area contributed by atoms with E-state index >= 15 is 0 Å².